The van der Waals surface area contributed by atoms with E-state index in [2.05, 4.69) is 0 Å². The second-order valence-electron chi connectivity index (χ2n) is 4.77. The van der Waals surface area contributed by atoms with Crippen molar-refractivity contribution in [2.24, 2.45) is 5.73 Å². The number of amides is 1. The fourth-order valence-electron chi connectivity index (χ4n) is 1.86. The summed E-state index contributed by atoms with van der Waals surface area (Å²) in [5.74, 6) is -1.77. The van der Waals surface area contributed by atoms with Crippen molar-refractivity contribution < 1.29 is 13.6 Å². The maximum Gasteiger partial charge on any atom is 0.227 e. The van der Waals surface area contributed by atoms with Crippen LogP contribution in [0.3, 0.4) is 0 Å². The largest absolute Gasteiger partial charge is 0.393 e. The molecule has 0 saturated carbocycles. The standard InChI is InChI=1S/C14H18F2N2OS/c1-9(2)18(7-6-13(17)20)14(19)8-10-11(15)4-3-5-12(10)16/h3-5,9H,6-8H2,1-2H3,(H2,17,20). The summed E-state index contributed by atoms with van der Waals surface area (Å²) in [6.07, 6.45) is 0.0764. The summed E-state index contributed by atoms with van der Waals surface area (Å²) >= 11 is 4.78. The third-order valence-electron chi connectivity index (χ3n) is 2.93. The maximum absolute atomic E-state index is 13.5. The molecular weight excluding hydrogens is 282 g/mol. The van der Waals surface area contributed by atoms with Crippen molar-refractivity contribution in [3.8, 4) is 0 Å². The molecule has 0 spiro atoms. The summed E-state index contributed by atoms with van der Waals surface area (Å²) in [6, 6.07) is 3.46. The van der Waals surface area contributed by atoms with E-state index in [0.29, 0.717) is 18.0 Å². The van der Waals surface area contributed by atoms with Gasteiger partial charge in [0.15, 0.2) is 0 Å². The minimum absolute atomic E-state index is 0.0910. The van der Waals surface area contributed by atoms with E-state index in [4.69, 9.17) is 18.0 Å². The molecule has 0 aromatic heterocycles. The molecule has 0 aliphatic carbocycles. The molecule has 20 heavy (non-hydrogen) atoms. The molecule has 0 fully saturated rings. The smallest absolute Gasteiger partial charge is 0.227 e. The van der Waals surface area contributed by atoms with E-state index in [1.807, 2.05) is 13.8 Å². The van der Waals surface area contributed by atoms with E-state index in [1.165, 1.54) is 11.0 Å². The second-order valence-corrected chi connectivity index (χ2v) is 5.30. The first-order valence-corrected chi connectivity index (χ1v) is 6.74. The van der Waals surface area contributed by atoms with Gasteiger partial charge in [0.25, 0.3) is 0 Å². The highest BCUT2D eigenvalue weighted by atomic mass is 32.1. The molecule has 2 N–H and O–H groups in total. The lowest BCUT2D eigenvalue weighted by atomic mass is 10.1. The van der Waals surface area contributed by atoms with Crippen molar-refractivity contribution >= 4 is 23.1 Å². The third-order valence-corrected chi connectivity index (χ3v) is 3.14. The number of hydrogen-bond acceptors (Lipinski definition) is 2. The van der Waals surface area contributed by atoms with E-state index < -0.39 is 11.6 Å². The van der Waals surface area contributed by atoms with Gasteiger partial charge >= 0.3 is 0 Å². The molecular formula is C14H18F2N2OS. The van der Waals surface area contributed by atoms with Gasteiger partial charge in [0.2, 0.25) is 5.91 Å². The summed E-state index contributed by atoms with van der Waals surface area (Å²) < 4.78 is 27.1. The van der Waals surface area contributed by atoms with Crippen LogP contribution in [0.1, 0.15) is 25.8 Å². The Labute approximate surface area is 122 Å². The number of hydrogen-bond donors (Lipinski definition) is 1. The van der Waals surface area contributed by atoms with E-state index in [-0.39, 0.29) is 23.9 Å². The van der Waals surface area contributed by atoms with Crippen LogP contribution in [-0.2, 0) is 11.2 Å². The Hall–Kier alpha value is -1.56. The van der Waals surface area contributed by atoms with Crippen LogP contribution in [0.5, 0.6) is 0 Å². The first-order valence-electron chi connectivity index (χ1n) is 6.33. The van der Waals surface area contributed by atoms with Crippen LogP contribution in [0.4, 0.5) is 8.78 Å². The van der Waals surface area contributed by atoms with Gasteiger partial charge in [0.05, 0.1) is 11.4 Å². The van der Waals surface area contributed by atoms with E-state index in [9.17, 15) is 13.6 Å². The fraction of sp³-hybridized carbons (Fsp3) is 0.429. The van der Waals surface area contributed by atoms with Crippen LogP contribution in [0.2, 0.25) is 0 Å². The van der Waals surface area contributed by atoms with Gasteiger partial charge in [-0.3, -0.25) is 4.79 Å². The monoisotopic (exact) mass is 300 g/mol. The predicted octanol–water partition coefficient (Wildman–Crippen LogP) is 2.42. The summed E-state index contributed by atoms with van der Waals surface area (Å²) in [6.45, 7) is 4.01. The normalized spacial score (nSPS) is 10.7. The van der Waals surface area contributed by atoms with Gasteiger partial charge in [-0.2, -0.15) is 0 Å². The summed E-state index contributed by atoms with van der Waals surface area (Å²) in [5.41, 5.74) is 5.21. The molecule has 1 rings (SSSR count). The number of benzene rings is 1. The highest BCUT2D eigenvalue weighted by Crippen LogP contribution is 2.15. The van der Waals surface area contributed by atoms with E-state index in [0.717, 1.165) is 12.1 Å². The SMILES string of the molecule is CC(C)N(CCC(N)=S)C(=O)Cc1c(F)cccc1F. The molecule has 0 heterocycles. The third kappa shape index (κ3) is 4.52. The summed E-state index contributed by atoms with van der Waals surface area (Å²) in [4.78, 5) is 14.0. The van der Waals surface area contributed by atoms with Gasteiger partial charge in [-0.05, 0) is 26.0 Å². The van der Waals surface area contributed by atoms with E-state index >= 15 is 0 Å². The molecule has 0 aliphatic rings. The van der Waals surface area contributed by atoms with Crippen molar-refractivity contribution in [1.29, 1.82) is 0 Å². The molecule has 110 valence electrons. The van der Waals surface area contributed by atoms with Crippen molar-refractivity contribution in [3.63, 3.8) is 0 Å². The zero-order valence-electron chi connectivity index (χ0n) is 11.5. The Morgan fingerprint density at radius 3 is 2.35 bits per heavy atom. The van der Waals surface area contributed by atoms with Crippen molar-refractivity contribution in [2.45, 2.75) is 32.7 Å². The number of carbonyl (C=O) groups is 1. The Balaban J connectivity index is 2.83. The molecule has 0 saturated heterocycles. The number of carbonyl (C=O) groups excluding carboxylic acids is 1. The van der Waals surface area contributed by atoms with Crippen LogP contribution >= 0.6 is 12.2 Å². The lowest BCUT2D eigenvalue weighted by molar-refractivity contribution is -0.132. The number of thiocarbonyl (C=S) groups is 1. The van der Waals surface area contributed by atoms with Gasteiger partial charge in [0, 0.05) is 24.6 Å². The van der Waals surface area contributed by atoms with Crippen LogP contribution < -0.4 is 5.73 Å². The molecule has 1 amide bonds. The number of nitrogens with zero attached hydrogens (tertiary/aromatic N) is 1. The molecule has 0 aliphatic heterocycles. The molecule has 0 atom stereocenters. The highest BCUT2D eigenvalue weighted by molar-refractivity contribution is 7.80. The molecule has 0 radical (unpaired) electrons. The average Bonchev–Trinajstić information content (AvgIpc) is 2.33. The number of halogens is 2. The minimum atomic E-state index is -0.712. The van der Waals surface area contributed by atoms with Crippen LogP contribution in [0, 0.1) is 11.6 Å². The molecule has 3 nitrogen and oxygen atoms in total. The zero-order valence-corrected chi connectivity index (χ0v) is 12.3. The van der Waals surface area contributed by atoms with Crippen LogP contribution in [0.15, 0.2) is 18.2 Å². The Morgan fingerprint density at radius 2 is 1.90 bits per heavy atom. The fourth-order valence-corrected chi connectivity index (χ4v) is 1.95. The highest BCUT2D eigenvalue weighted by Gasteiger charge is 2.20. The van der Waals surface area contributed by atoms with E-state index in [1.54, 1.807) is 0 Å². The van der Waals surface area contributed by atoms with Gasteiger partial charge < -0.3 is 10.6 Å². The van der Waals surface area contributed by atoms with Gasteiger partial charge in [-0.25, -0.2) is 8.78 Å². The Kier molecular flexibility index (Phi) is 6.01. The average molecular weight is 300 g/mol. The van der Waals surface area contributed by atoms with Gasteiger partial charge in [-0.15, -0.1) is 0 Å². The molecule has 1 aromatic rings. The van der Waals surface area contributed by atoms with Crippen molar-refractivity contribution in [3.05, 3.63) is 35.4 Å². The zero-order chi connectivity index (χ0) is 15.3. The lowest BCUT2D eigenvalue weighted by Crippen LogP contribution is -2.40. The van der Waals surface area contributed by atoms with Crippen LogP contribution in [0.25, 0.3) is 0 Å². The number of rotatable bonds is 6. The summed E-state index contributed by atoms with van der Waals surface area (Å²) in [7, 11) is 0. The predicted molar refractivity (Wildman–Crippen MR) is 78.3 cm³/mol. The van der Waals surface area contributed by atoms with Crippen molar-refractivity contribution in [2.75, 3.05) is 6.54 Å². The molecule has 6 heteroatoms. The quantitative estimate of drug-likeness (QED) is 0.821. The molecule has 1 aromatic carbocycles. The lowest BCUT2D eigenvalue weighted by Gasteiger charge is -2.27. The topological polar surface area (TPSA) is 46.3 Å². The van der Waals surface area contributed by atoms with Gasteiger partial charge in [-0.1, -0.05) is 18.3 Å². The minimum Gasteiger partial charge on any atom is -0.393 e. The Bertz CT molecular complexity index is 486. The second kappa shape index (κ2) is 7.28. The van der Waals surface area contributed by atoms with Crippen LogP contribution in [-0.4, -0.2) is 28.4 Å². The Morgan fingerprint density at radius 1 is 1.35 bits per heavy atom. The number of nitrogens with two attached hydrogens (primary N) is 1. The van der Waals surface area contributed by atoms with Gasteiger partial charge in [0.1, 0.15) is 11.6 Å². The summed E-state index contributed by atoms with van der Waals surface area (Å²) in [5, 5.41) is 0. The van der Waals surface area contributed by atoms with Crippen molar-refractivity contribution in [1.82, 2.24) is 4.90 Å². The maximum atomic E-state index is 13.5. The molecule has 0 bridgehead atoms. The first-order chi connectivity index (χ1) is 9.32. The molecule has 0 unspecified atom stereocenters. The first kappa shape index (κ1) is 16.5.